The maximum absolute atomic E-state index is 13.4. The summed E-state index contributed by atoms with van der Waals surface area (Å²) in [4.78, 5) is 21.9. The number of nitriles is 1. The molecule has 0 saturated heterocycles. The van der Waals surface area contributed by atoms with Crippen LogP contribution < -0.4 is 29.6 Å². The fourth-order valence-corrected chi connectivity index (χ4v) is 3.74. The summed E-state index contributed by atoms with van der Waals surface area (Å²) in [6.45, 7) is 5.15. The molecule has 3 aliphatic carbocycles. The fourth-order valence-electron chi connectivity index (χ4n) is 3.74. The Bertz CT molecular complexity index is 1510. The molecule has 3 aliphatic rings. The molecule has 0 unspecified atom stereocenters. The number of nitrogens with zero attached hydrogens (tertiary/aromatic N) is 4. The first-order chi connectivity index (χ1) is 19.4. The third-order valence-electron chi connectivity index (χ3n) is 6.73. The summed E-state index contributed by atoms with van der Waals surface area (Å²) in [5.74, 6) is -0.470. The molecule has 12 heteroatoms. The zero-order chi connectivity index (χ0) is 30.4. The van der Waals surface area contributed by atoms with E-state index in [4.69, 9.17) is 16.8 Å². The Morgan fingerprint density at radius 1 is 0.860 bits per heavy atom. The van der Waals surface area contributed by atoms with Crippen molar-refractivity contribution in [1.29, 1.82) is 5.26 Å². The van der Waals surface area contributed by atoms with Crippen LogP contribution in [0.25, 0.3) is 0 Å². The maximum atomic E-state index is 13.4. The second-order valence-electron chi connectivity index (χ2n) is 10.5. The van der Waals surface area contributed by atoms with Crippen LogP contribution >= 0.6 is 0 Å². The quantitative estimate of drug-likeness (QED) is 0.210. The molecule has 0 aromatic carbocycles. The van der Waals surface area contributed by atoms with Crippen molar-refractivity contribution in [2.45, 2.75) is 70.1 Å². The molecule has 3 aromatic heterocycles. The van der Waals surface area contributed by atoms with Gasteiger partial charge in [-0.15, -0.1) is 12.3 Å². The number of terminal acetylenes is 1. The number of aliphatic carboxylic acids is 1. The number of carboxylic acid groups (broad SMARTS) is 1. The van der Waals surface area contributed by atoms with Gasteiger partial charge >= 0.3 is 35.5 Å². The number of aromatic nitrogens is 3. The molecule has 0 amide bonds. The van der Waals surface area contributed by atoms with Gasteiger partial charge in [0, 0.05) is 24.5 Å². The van der Waals surface area contributed by atoms with Crippen LogP contribution in [0, 0.1) is 73.8 Å². The molecule has 7 nitrogen and oxygen atoms in total. The van der Waals surface area contributed by atoms with Gasteiger partial charge < -0.3 is 10.6 Å². The number of carbonyl (C=O) groups is 1. The molecule has 6 rings (SSSR count). The molecule has 3 fully saturated rings. The van der Waals surface area contributed by atoms with Gasteiger partial charge in [-0.1, -0.05) is 0 Å². The van der Waals surface area contributed by atoms with E-state index in [9.17, 15) is 22.4 Å². The molecule has 3 heterocycles. The SMILES string of the molecule is C#CC1CC1.Cc1cnc(C2(C#N)CC2)c(F)c1.Cc1cnc(C2(C(=O)O)CC2)c(F)c1.Cc1cnc(F)c(F)c1.[Na+].[OH-]. The van der Waals surface area contributed by atoms with E-state index in [1.165, 1.54) is 37.4 Å². The van der Waals surface area contributed by atoms with E-state index in [0.29, 0.717) is 35.6 Å². The summed E-state index contributed by atoms with van der Waals surface area (Å²) in [7, 11) is 0. The van der Waals surface area contributed by atoms with Gasteiger partial charge in [0.15, 0.2) is 5.82 Å². The first kappa shape index (κ1) is 37.7. The molecular weight excluding hydrogens is 575 g/mol. The Labute approximate surface area is 270 Å². The largest absolute Gasteiger partial charge is 1.00 e. The van der Waals surface area contributed by atoms with Crippen LogP contribution in [0.5, 0.6) is 0 Å². The van der Waals surface area contributed by atoms with Gasteiger partial charge in [-0.25, -0.2) is 18.2 Å². The number of hydrogen-bond acceptors (Lipinski definition) is 6. The third-order valence-corrected chi connectivity index (χ3v) is 6.73. The molecule has 0 radical (unpaired) electrons. The molecule has 2 N–H and O–H groups in total. The van der Waals surface area contributed by atoms with Gasteiger partial charge in [-0.2, -0.15) is 9.65 Å². The van der Waals surface area contributed by atoms with Crippen LogP contribution in [-0.4, -0.2) is 31.5 Å². The maximum Gasteiger partial charge on any atom is 1.00 e. The van der Waals surface area contributed by atoms with Gasteiger partial charge in [-0.3, -0.25) is 14.8 Å². The van der Waals surface area contributed by atoms with Crippen LogP contribution in [0.1, 0.15) is 66.6 Å². The minimum absolute atomic E-state index is 0. The average Bonchev–Trinajstić information content (AvgIpc) is 3.79. The van der Waals surface area contributed by atoms with Crippen molar-refractivity contribution in [3.63, 3.8) is 0 Å². The predicted octanol–water partition coefficient (Wildman–Crippen LogP) is 3.25. The van der Waals surface area contributed by atoms with Gasteiger partial charge in [-0.05, 0) is 94.2 Å². The Hall–Kier alpha value is -3.35. The van der Waals surface area contributed by atoms with Crippen molar-refractivity contribution < 1.29 is 62.5 Å². The fraction of sp³-hybridized carbons (Fsp3) is 0.387. The van der Waals surface area contributed by atoms with Gasteiger partial charge in [0.1, 0.15) is 22.5 Å². The van der Waals surface area contributed by atoms with Crippen LogP contribution in [0.15, 0.2) is 36.8 Å². The first-order valence-corrected chi connectivity index (χ1v) is 13.0. The van der Waals surface area contributed by atoms with Crippen LogP contribution in [0.4, 0.5) is 17.6 Å². The molecular formula is C31H31F4N4NaO3. The number of pyridine rings is 3. The monoisotopic (exact) mass is 606 g/mol. The summed E-state index contributed by atoms with van der Waals surface area (Å²) in [6.07, 6.45) is 14.3. The van der Waals surface area contributed by atoms with Gasteiger partial charge in [0.2, 0.25) is 5.95 Å². The Kier molecular flexibility index (Phi) is 14.0. The standard InChI is InChI=1S/C10H9FN2.C10H10FNO2.C6H5F2N.C5H6.Na.H2O/c1-7-4-8(11)9(13-5-7)10(6-12)2-3-10;1-6-4-7(11)8(12-5-6)10(2-3-10)9(13)14;1-4-2-5(7)6(8)9-3-4;1-2-5-3-4-5;;/h4-5H,2-3H2,1H3;4-5H,2-3H2,1H3,(H,13,14);2-3H,1H3;1,5H,3-4H2;;1H2/q;;;;+1;/p-1. The van der Waals surface area contributed by atoms with Crippen molar-refractivity contribution in [3.05, 3.63) is 88.3 Å². The van der Waals surface area contributed by atoms with Crippen LogP contribution in [-0.2, 0) is 15.6 Å². The van der Waals surface area contributed by atoms with E-state index < -0.39 is 34.4 Å². The van der Waals surface area contributed by atoms with Crippen molar-refractivity contribution >= 4 is 5.97 Å². The number of aryl methyl sites for hydroxylation is 3. The van der Waals surface area contributed by atoms with Crippen molar-refractivity contribution in [2.75, 3.05) is 0 Å². The molecule has 3 saturated carbocycles. The zero-order valence-corrected chi connectivity index (χ0v) is 26.5. The normalized spacial score (nSPS) is 15.7. The number of hydrogen-bond donors (Lipinski definition) is 1. The average molecular weight is 607 g/mol. The summed E-state index contributed by atoms with van der Waals surface area (Å²) in [6, 6.07) is 5.98. The Balaban J connectivity index is 0.000000297. The minimum Gasteiger partial charge on any atom is -0.870 e. The molecule has 0 spiro atoms. The summed E-state index contributed by atoms with van der Waals surface area (Å²) in [5, 5.41) is 17.8. The van der Waals surface area contributed by atoms with Gasteiger partial charge in [0.25, 0.3) is 0 Å². The van der Waals surface area contributed by atoms with Crippen molar-refractivity contribution in [3.8, 4) is 18.4 Å². The van der Waals surface area contributed by atoms with Crippen molar-refractivity contribution in [2.24, 2.45) is 5.92 Å². The number of carboxylic acids is 1. The number of rotatable bonds is 3. The van der Waals surface area contributed by atoms with Crippen molar-refractivity contribution in [1.82, 2.24) is 15.0 Å². The molecule has 0 bridgehead atoms. The van der Waals surface area contributed by atoms with E-state index >= 15 is 0 Å². The van der Waals surface area contributed by atoms with E-state index in [1.807, 2.05) is 0 Å². The van der Waals surface area contributed by atoms with Crippen LogP contribution in [0.2, 0.25) is 0 Å². The molecule has 3 aromatic rings. The topological polar surface area (TPSA) is 130 Å². The molecule has 222 valence electrons. The number of halogens is 4. The second-order valence-corrected chi connectivity index (χ2v) is 10.5. The smallest absolute Gasteiger partial charge is 0.870 e. The van der Waals surface area contributed by atoms with E-state index in [-0.39, 0.29) is 46.5 Å². The minimum atomic E-state index is -1.04. The summed E-state index contributed by atoms with van der Waals surface area (Å²) >= 11 is 0. The molecule has 43 heavy (non-hydrogen) atoms. The first-order valence-electron chi connectivity index (χ1n) is 13.0. The van der Waals surface area contributed by atoms with Gasteiger partial charge in [0.05, 0.1) is 17.5 Å². The van der Waals surface area contributed by atoms with E-state index in [1.54, 1.807) is 27.0 Å². The Morgan fingerprint density at radius 2 is 1.30 bits per heavy atom. The Morgan fingerprint density at radius 3 is 1.58 bits per heavy atom. The van der Waals surface area contributed by atoms with Crippen LogP contribution in [0.3, 0.4) is 0 Å². The molecule has 0 aliphatic heterocycles. The summed E-state index contributed by atoms with van der Waals surface area (Å²) < 4.78 is 50.9. The third kappa shape index (κ3) is 10.1. The molecule has 0 atom stereocenters. The van der Waals surface area contributed by atoms with E-state index in [2.05, 4.69) is 26.9 Å². The summed E-state index contributed by atoms with van der Waals surface area (Å²) in [5.41, 5.74) is 0.850. The zero-order valence-electron chi connectivity index (χ0n) is 24.5. The second kappa shape index (κ2) is 15.9. The van der Waals surface area contributed by atoms with E-state index in [0.717, 1.165) is 24.5 Å². The predicted molar refractivity (Wildman–Crippen MR) is 145 cm³/mol.